The van der Waals surface area contributed by atoms with Crippen molar-refractivity contribution in [3.05, 3.63) is 136 Å². The van der Waals surface area contributed by atoms with E-state index in [0.29, 0.717) is 12.8 Å². The van der Waals surface area contributed by atoms with Crippen molar-refractivity contribution < 1.29 is 10.2 Å². The number of aromatic amines is 1. The van der Waals surface area contributed by atoms with Crippen LogP contribution in [0.5, 0.6) is 0 Å². The van der Waals surface area contributed by atoms with Gasteiger partial charge in [-0.1, -0.05) is 85.4 Å². The van der Waals surface area contributed by atoms with Crippen molar-refractivity contribution in [2.45, 2.75) is 32.1 Å². The Bertz CT molecular complexity index is 2190. The molecule has 9 nitrogen and oxygen atoms in total. The molecule has 4 heterocycles. The number of nitrogens with one attached hydrogen (secondary N) is 3. The van der Waals surface area contributed by atoms with Gasteiger partial charge in [0.2, 0.25) is 0 Å². The van der Waals surface area contributed by atoms with Gasteiger partial charge in [0.05, 0.1) is 0 Å². The summed E-state index contributed by atoms with van der Waals surface area (Å²) in [7, 11) is 2.03. The highest BCUT2D eigenvalue weighted by molar-refractivity contribution is 6.10. The van der Waals surface area contributed by atoms with Crippen molar-refractivity contribution in [3.8, 4) is 0 Å². The van der Waals surface area contributed by atoms with Crippen LogP contribution in [-0.4, -0.2) is 57.7 Å². The third kappa shape index (κ3) is 4.90. The van der Waals surface area contributed by atoms with E-state index in [1.54, 1.807) is 0 Å². The molecule has 8 rings (SSSR count). The van der Waals surface area contributed by atoms with E-state index < -0.39 is 0 Å². The average molecular weight is 636 g/mol. The van der Waals surface area contributed by atoms with E-state index in [1.807, 2.05) is 50.4 Å². The molecule has 0 aliphatic carbocycles. The number of aliphatic imine (C=N–C) groups is 3. The first-order chi connectivity index (χ1) is 23.4. The third-order valence-electron chi connectivity index (χ3n) is 9.55. The summed E-state index contributed by atoms with van der Waals surface area (Å²) < 4.78 is 0. The normalized spacial score (nSPS) is 21.5. The molecular formula is C39H37N7O2. The van der Waals surface area contributed by atoms with E-state index in [-0.39, 0.29) is 25.5 Å². The van der Waals surface area contributed by atoms with Crippen LogP contribution >= 0.6 is 0 Å². The number of H-pyrrole nitrogens is 1. The third-order valence-corrected chi connectivity index (χ3v) is 9.55. The van der Waals surface area contributed by atoms with Crippen LogP contribution in [0.25, 0.3) is 16.5 Å². The first-order valence-electron chi connectivity index (χ1n) is 16.3. The van der Waals surface area contributed by atoms with Crippen LogP contribution < -0.4 is 10.6 Å². The Hall–Kier alpha value is -5.51. The number of fused-ring (bicyclic) bond motifs is 16. The highest BCUT2D eigenvalue weighted by Gasteiger charge is 2.36. The molecule has 1 aromatic heterocycles. The monoisotopic (exact) mass is 635 g/mol. The number of aliphatic hydroxyl groups is 2. The van der Waals surface area contributed by atoms with Gasteiger partial charge in [0.15, 0.2) is 6.17 Å². The molecule has 48 heavy (non-hydrogen) atoms. The molecule has 5 aromatic rings. The zero-order chi connectivity index (χ0) is 32.9. The topological polar surface area (TPSA) is 121 Å². The summed E-state index contributed by atoms with van der Waals surface area (Å²) in [5.74, 6) is 3.03. The molecule has 5 N–H and O–H groups in total. The number of rotatable bonds is 4. The predicted octanol–water partition coefficient (Wildman–Crippen LogP) is 6.02. The van der Waals surface area contributed by atoms with Gasteiger partial charge < -0.3 is 30.7 Å². The number of nitrogens with zero attached hydrogens (tertiary/aromatic N) is 4. The molecule has 3 aliphatic heterocycles. The van der Waals surface area contributed by atoms with Crippen molar-refractivity contribution in [3.63, 3.8) is 0 Å². The van der Waals surface area contributed by atoms with Gasteiger partial charge in [-0.15, -0.1) is 0 Å². The van der Waals surface area contributed by atoms with Gasteiger partial charge in [0, 0.05) is 75.8 Å². The number of hydrogen-bond acceptors (Lipinski definition) is 8. The Morgan fingerprint density at radius 2 is 1.35 bits per heavy atom. The number of hydrogen-bond donors (Lipinski definition) is 5. The molecule has 0 amide bonds. The summed E-state index contributed by atoms with van der Waals surface area (Å²) in [5, 5.41) is 29.1. The maximum atomic E-state index is 9.91. The fraction of sp³-hybridized carbons (Fsp3) is 0.205. The Balaban J connectivity index is 1.38. The zero-order valence-corrected chi connectivity index (χ0v) is 27.0. The molecule has 9 heteroatoms. The minimum atomic E-state index is -0.340. The quantitative estimate of drug-likeness (QED) is 0.165. The van der Waals surface area contributed by atoms with Crippen LogP contribution in [0.4, 0.5) is 11.6 Å². The second-order valence-electron chi connectivity index (χ2n) is 12.5. The first kappa shape index (κ1) is 29.9. The summed E-state index contributed by atoms with van der Waals surface area (Å²) >= 11 is 0. The van der Waals surface area contributed by atoms with Crippen molar-refractivity contribution in [1.29, 1.82) is 0 Å². The van der Waals surface area contributed by atoms with E-state index in [9.17, 15) is 10.2 Å². The molecule has 0 spiro atoms. The van der Waals surface area contributed by atoms with Crippen LogP contribution in [0.15, 0.2) is 106 Å². The van der Waals surface area contributed by atoms with E-state index in [0.717, 1.165) is 90.0 Å². The van der Waals surface area contributed by atoms with Gasteiger partial charge >= 0.3 is 0 Å². The van der Waals surface area contributed by atoms with Gasteiger partial charge in [-0.3, -0.25) is 0 Å². The van der Waals surface area contributed by atoms with Crippen molar-refractivity contribution in [2.75, 3.05) is 20.3 Å². The highest BCUT2D eigenvalue weighted by Crippen LogP contribution is 2.40. The Morgan fingerprint density at radius 3 is 2.08 bits per heavy atom. The molecule has 6 bridgehead atoms. The maximum absolute atomic E-state index is 9.91. The highest BCUT2D eigenvalue weighted by atomic mass is 16.3. The SMILES string of the molecule is C=C1NC2N/C(=N\C3c4ccccc4/C(=N/c4[nH]c(c5ccccc45)/N=C(\C)c4ccccc41)N3C)c1cc(CCO)c(CCO)cc12. The minimum absolute atomic E-state index is 0.0149. The van der Waals surface area contributed by atoms with Gasteiger partial charge in [0.25, 0.3) is 0 Å². The van der Waals surface area contributed by atoms with Crippen LogP contribution in [0, 0.1) is 0 Å². The predicted molar refractivity (Wildman–Crippen MR) is 192 cm³/mol. The molecule has 0 saturated carbocycles. The lowest BCUT2D eigenvalue weighted by atomic mass is 9.94. The van der Waals surface area contributed by atoms with E-state index in [4.69, 9.17) is 15.0 Å². The van der Waals surface area contributed by atoms with Crippen molar-refractivity contribution in [2.24, 2.45) is 15.0 Å². The molecule has 240 valence electrons. The molecule has 2 atom stereocenters. The molecule has 0 radical (unpaired) electrons. The largest absolute Gasteiger partial charge is 0.396 e. The number of aromatic nitrogens is 1. The summed E-state index contributed by atoms with van der Waals surface area (Å²) in [6.07, 6.45) is 0.306. The lowest BCUT2D eigenvalue weighted by molar-refractivity contribution is 0.293. The lowest BCUT2D eigenvalue weighted by Gasteiger charge is -2.22. The zero-order valence-electron chi connectivity index (χ0n) is 27.0. The Kier molecular flexibility index (Phi) is 7.43. The fourth-order valence-corrected chi connectivity index (χ4v) is 7.20. The second-order valence-corrected chi connectivity index (χ2v) is 12.5. The molecule has 3 aliphatic rings. The Labute approximate surface area is 279 Å². The van der Waals surface area contributed by atoms with Gasteiger partial charge in [-0.05, 0) is 37.0 Å². The number of aliphatic hydroxyl groups excluding tert-OH is 2. The molecular weight excluding hydrogens is 598 g/mol. The van der Waals surface area contributed by atoms with Crippen LogP contribution in [0.3, 0.4) is 0 Å². The summed E-state index contributed by atoms with van der Waals surface area (Å²) in [6, 6.07) is 28.8. The maximum Gasteiger partial charge on any atom is 0.151 e. The van der Waals surface area contributed by atoms with Crippen LogP contribution in [0.1, 0.15) is 63.8 Å². The van der Waals surface area contributed by atoms with Gasteiger partial charge in [-0.2, -0.15) is 0 Å². The van der Waals surface area contributed by atoms with Crippen LogP contribution in [0.2, 0.25) is 0 Å². The standard InChI is InChI=1S/C39H37N7O2/c1-22-26-10-4-5-11-27(26)23(2)41-36-32-20-24(16-18-47)25(17-19-48)21-33(32)37(43-36)45-39-31-15-9-8-14-30(31)38(46(39)3)44-35-29-13-7-6-12-28(29)34(40-22)42-35/h4-15,20-21,36,39,41-42,47-48H,2,16-19H2,1,3H3,(H,43,45)/b40-22+,44-38-. The van der Waals surface area contributed by atoms with E-state index in [2.05, 4.69) is 75.6 Å². The average Bonchev–Trinajstić information content (AvgIpc) is 3.70. The van der Waals surface area contributed by atoms with E-state index in [1.165, 1.54) is 0 Å². The van der Waals surface area contributed by atoms with Gasteiger partial charge in [0.1, 0.15) is 29.5 Å². The summed E-state index contributed by atoms with van der Waals surface area (Å²) in [6.45, 7) is 6.55. The summed E-state index contributed by atoms with van der Waals surface area (Å²) in [4.78, 5) is 21.4. The van der Waals surface area contributed by atoms with Crippen molar-refractivity contribution >= 4 is 45.5 Å². The fourth-order valence-electron chi connectivity index (χ4n) is 7.20. The minimum Gasteiger partial charge on any atom is -0.396 e. The number of amidine groups is 2. The molecule has 4 aromatic carbocycles. The Morgan fingerprint density at radius 1 is 0.729 bits per heavy atom. The van der Waals surface area contributed by atoms with E-state index >= 15 is 0 Å². The molecule has 0 saturated heterocycles. The lowest BCUT2D eigenvalue weighted by Crippen LogP contribution is -2.32. The smallest absolute Gasteiger partial charge is 0.151 e. The summed E-state index contributed by atoms with van der Waals surface area (Å²) in [5.41, 5.74) is 9.52. The molecule has 2 unspecified atom stereocenters. The van der Waals surface area contributed by atoms with Gasteiger partial charge in [-0.25, -0.2) is 15.0 Å². The molecule has 0 fully saturated rings. The van der Waals surface area contributed by atoms with Crippen molar-refractivity contribution in [1.82, 2.24) is 20.5 Å². The van der Waals surface area contributed by atoms with Crippen LogP contribution in [-0.2, 0) is 12.8 Å². The first-order valence-corrected chi connectivity index (χ1v) is 16.3. The number of benzene rings is 4. The second kappa shape index (κ2) is 11.9.